The van der Waals surface area contributed by atoms with Gasteiger partial charge in [0.15, 0.2) is 0 Å². The predicted molar refractivity (Wildman–Crippen MR) is 146 cm³/mol. The molecule has 1 saturated carbocycles. The molecule has 198 valence electrons. The number of nitrogens with two attached hydrogens (primary N) is 1. The van der Waals surface area contributed by atoms with Crippen molar-refractivity contribution >= 4 is 45.7 Å². The van der Waals surface area contributed by atoms with Crippen molar-refractivity contribution < 1.29 is 24.2 Å². The fourth-order valence-corrected chi connectivity index (χ4v) is 5.48. The van der Waals surface area contributed by atoms with E-state index >= 15 is 0 Å². The maximum absolute atomic E-state index is 14.1. The Kier molecular flexibility index (Phi) is 6.58. The summed E-state index contributed by atoms with van der Waals surface area (Å²) < 4.78 is 6.56. The van der Waals surface area contributed by atoms with E-state index in [1.807, 2.05) is 75.4 Å². The van der Waals surface area contributed by atoms with Crippen molar-refractivity contribution in [3.05, 3.63) is 76.8 Å². The summed E-state index contributed by atoms with van der Waals surface area (Å²) in [6, 6.07) is 19.2. The van der Waals surface area contributed by atoms with E-state index in [0.29, 0.717) is 17.3 Å². The van der Waals surface area contributed by atoms with Crippen LogP contribution in [0, 0.1) is 11.3 Å². The summed E-state index contributed by atoms with van der Waals surface area (Å²) in [6.45, 7) is 6.48. The molecule has 3 aromatic rings. The van der Waals surface area contributed by atoms with Crippen molar-refractivity contribution in [3.8, 4) is 0 Å². The Balaban J connectivity index is 1.63. The van der Waals surface area contributed by atoms with Gasteiger partial charge in [0.2, 0.25) is 0 Å². The number of hydrogen-bond acceptors (Lipinski definition) is 5. The molecule has 3 N–H and O–H groups in total. The molecule has 0 saturated heterocycles. The molecule has 1 fully saturated rings. The van der Waals surface area contributed by atoms with Crippen molar-refractivity contribution in [1.29, 1.82) is 0 Å². The molecule has 0 aromatic heterocycles. The van der Waals surface area contributed by atoms with Gasteiger partial charge >= 0.3 is 5.97 Å². The summed E-state index contributed by atoms with van der Waals surface area (Å²) in [7, 11) is 0. The number of Topliss-reactive ketones (excluding diaryl/α,β-unsaturated/α-hetero) is 1. The highest BCUT2D eigenvalue weighted by molar-refractivity contribution is 6.30. The SMILES string of the molecule is CC(C)(C)CN1C(=O)C(CC(=O)C2CC2(N)C(=O)O)OC(c2cccc3ccccc23)c2cc(Cl)ccc21. The minimum absolute atomic E-state index is 0.0520. The average molecular weight is 535 g/mol. The number of hydrogen-bond donors (Lipinski definition) is 2. The Bertz CT molecular complexity index is 1440. The third kappa shape index (κ3) is 4.82. The Labute approximate surface area is 226 Å². The predicted octanol–water partition coefficient (Wildman–Crippen LogP) is 5.12. The second kappa shape index (κ2) is 9.49. The van der Waals surface area contributed by atoms with Crippen molar-refractivity contribution in [2.75, 3.05) is 11.4 Å². The minimum Gasteiger partial charge on any atom is -0.480 e. The van der Waals surface area contributed by atoms with Crippen LogP contribution in [0.4, 0.5) is 5.69 Å². The number of rotatable bonds is 6. The van der Waals surface area contributed by atoms with Crippen LogP contribution in [0.5, 0.6) is 0 Å². The topological polar surface area (TPSA) is 110 Å². The first-order valence-electron chi connectivity index (χ1n) is 12.7. The number of amides is 1. The molecule has 3 aromatic carbocycles. The number of benzene rings is 3. The molecule has 0 bridgehead atoms. The Morgan fingerprint density at radius 3 is 2.50 bits per heavy atom. The third-order valence-electron chi connectivity index (χ3n) is 7.32. The molecule has 1 amide bonds. The lowest BCUT2D eigenvalue weighted by Gasteiger charge is -2.31. The molecule has 0 radical (unpaired) electrons. The smallest absolute Gasteiger partial charge is 0.324 e. The van der Waals surface area contributed by atoms with Gasteiger partial charge < -0.3 is 20.5 Å². The van der Waals surface area contributed by atoms with Gasteiger partial charge in [-0.2, -0.15) is 0 Å². The van der Waals surface area contributed by atoms with E-state index < -0.39 is 29.6 Å². The molecule has 2 aliphatic rings. The van der Waals surface area contributed by atoms with Crippen molar-refractivity contribution in [3.63, 3.8) is 0 Å². The number of carbonyl (C=O) groups is 3. The van der Waals surface area contributed by atoms with Gasteiger partial charge in [0.1, 0.15) is 23.5 Å². The van der Waals surface area contributed by atoms with E-state index in [0.717, 1.165) is 21.9 Å². The second-order valence-electron chi connectivity index (χ2n) is 11.5. The molecule has 8 heteroatoms. The van der Waals surface area contributed by atoms with E-state index in [4.69, 9.17) is 22.1 Å². The molecule has 38 heavy (non-hydrogen) atoms. The number of carboxylic acid groups (broad SMARTS) is 1. The van der Waals surface area contributed by atoms with E-state index in [1.165, 1.54) is 0 Å². The zero-order chi connectivity index (χ0) is 27.4. The van der Waals surface area contributed by atoms with Crippen LogP contribution in [-0.2, 0) is 19.1 Å². The van der Waals surface area contributed by atoms with Crippen LogP contribution >= 0.6 is 11.6 Å². The summed E-state index contributed by atoms with van der Waals surface area (Å²) in [5.74, 6) is -2.79. The molecule has 1 heterocycles. The lowest BCUT2D eigenvalue weighted by molar-refractivity contribution is -0.142. The lowest BCUT2D eigenvalue weighted by atomic mass is 9.93. The molecular weight excluding hydrogens is 504 g/mol. The van der Waals surface area contributed by atoms with E-state index in [-0.39, 0.29) is 29.9 Å². The third-order valence-corrected chi connectivity index (χ3v) is 7.56. The van der Waals surface area contributed by atoms with Gasteiger partial charge in [0.05, 0.1) is 0 Å². The lowest BCUT2D eigenvalue weighted by Crippen LogP contribution is -2.45. The molecule has 1 aliphatic carbocycles. The summed E-state index contributed by atoms with van der Waals surface area (Å²) in [6.07, 6.45) is -2.03. The fourth-order valence-electron chi connectivity index (χ4n) is 5.30. The number of ketones is 1. The number of anilines is 1. The Hall–Kier alpha value is -3.26. The highest BCUT2D eigenvalue weighted by Gasteiger charge is 2.61. The molecule has 1 aliphatic heterocycles. The number of ether oxygens (including phenoxy) is 1. The zero-order valence-corrected chi connectivity index (χ0v) is 22.4. The van der Waals surface area contributed by atoms with Crippen LogP contribution in [-0.4, -0.2) is 41.0 Å². The van der Waals surface area contributed by atoms with E-state index in [9.17, 15) is 19.5 Å². The average Bonchev–Trinajstić information content (AvgIpc) is 3.58. The summed E-state index contributed by atoms with van der Waals surface area (Å²) >= 11 is 6.47. The minimum atomic E-state index is -1.58. The highest BCUT2D eigenvalue weighted by atomic mass is 35.5. The maximum Gasteiger partial charge on any atom is 0.324 e. The van der Waals surface area contributed by atoms with Gasteiger partial charge in [-0.3, -0.25) is 14.4 Å². The standard InChI is InChI=1S/C30H31ClN2O5/c1-29(2,3)16-33-23-12-11-18(31)13-21(23)26(20-10-6-8-17-7-4-5-9-19(17)20)38-25(27(33)35)14-24(34)22-15-30(22,32)28(36)37/h4-13,22,25-26H,14-16,32H2,1-3H3,(H,36,37). The van der Waals surface area contributed by atoms with Crippen molar-refractivity contribution in [2.24, 2.45) is 17.1 Å². The van der Waals surface area contributed by atoms with E-state index in [1.54, 1.807) is 11.0 Å². The first kappa shape index (κ1) is 26.4. The Morgan fingerprint density at radius 1 is 1.11 bits per heavy atom. The summed E-state index contributed by atoms with van der Waals surface area (Å²) in [4.78, 5) is 40.5. The number of halogens is 1. The van der Waals surface area contributed by atoms with Gasteiger partial charge in [-0.05, 0) is 46.4 Å². The van der Waals surface area contributed by atoms with Crippen LogP contribution in [0.2, 0.25) is 5.02 Å². The quantitative estimate of drug-likeness (QED) is 0.454. The molecule has 7 nitrogen and oxygen atoms in total. The molecule has 0 spiro atoms. The largest absolute Gasteiger partial charge is 0.480 e. The summed E-state index contributed by atoms with van der Waals surface area (Å²) in [5, 5.41) is 11.9. The van der Waals surface area contributed by atoms with Crippen molar-refractivity contribution in [1.82, 2.24) is 0 Å². The normalized spacial score (nSPS) is 25.1. The van der Waals surface area contributed by atoms with Crippen LogP contribution in [0.3, 0.4) is 0 Å². The zero-order valence-electron chi connectivity index (χ0n) is 21.6. The van der Waals surface area contributed by atoms with Gasteiger partial charge in [0, 0.05) is 35.2 Å². The molecule has 4 unspecified atom stereocenters. The van der Waals surface area contributed by atoms with E-state index in [2.05, 4.69) is 0 Å². The maximum atomic E-state index is 14.1. The number of carbonyl (C=O) groups excluding carboxylic acids is 2. The first-order chi connectivity index (χ1) is 17.9. The number of aliphatic carboxylic acids is 1. The van der Waals surface area contributed by atoms with Crippen molar-refractivity contribution in [2.45, 2.75) is 51.4 Å². The van der Waals surface area contributed by atoms with Gasteiger partial charge in [-0.1, -0.05) is 74.8 Å². The monoisotopic (exact) mass is 534 g/mol. The summed E-state index contributed by atoms with van der Waals surface area (Å²) in [5.41, 5.74) is 6.32. The molecule has 5 rings (SSSR count). The first-order valence-corrected chi connectivity index (χ1v) is 13.1. The van der Waals surface area contributed by atoms with Crippen LogP contribution in [0.15, 0.2) is 60.7 Å². The highest BCUT2D eigenvalue weighted by Crippen LogP contribution is 2.45. The Morgan fingerprint density at radius 2 is 1.82 bits per heavy atom. The fraction of sp³-hybridized carbons (Fsp3) is 0.367. The van der Waals surface area contributed by atoms with Gasteiger partial charge in [-0.25, -0.2) is 0 Å². The number of carboxylic acids is 1. The van der Waals surface area contributed by atoms with Crippen LogP contribution in [0.1, 0.15) is 50.8 Å². The van der Waals surface area contributed by atoms with Crippen LogP contribution in [0.25, 0.3) is 10.8 Å². The van der Waals surface area contributed by atoms with Gasteiger partial charge in [-0.15, -0.1) is 0 Å². The molecule has 4 atom stereocenters. The molecular formula is C30H31ClN2O5. The van der Waals surface area contributed by atoms with Crippen LogP contribution < -0.4 is 10.6 Å². The second-order valence-corrected chi connectivity index (χ2v) is 12.0. The number of fused-ring (bicyclic) bond motifs is 2. The van der Waals surface area contributed by atoms with Gasteiger partial charge in [0.25, 0.3) is 5.91 Å². The number of nitrogens with zero attached hydrogens (tertiary/aromatic N) is 1.